The molecule has 3 nitrogen and oxygen atoms in total. The van der Waals surface area contributed by atoms with Gasteiger partial charge in [0, 0.05) is 6.04 Å². The first-order valence-electron chi connectivity index (χ1n) is 5.94. The zero-order valence-corrected chi connectivity index (χ0v) is 10.7. The van der Waals surface area contributed by atoms with E-state index in [0.29, 0.717) is 6.54 Å². The SMILES string of the molecule is CC(C(O)[C@H](N)CCCCN)C(C)(C)C. The lowest BCUT2D eigenvalue weighted by Gasteiger charge is -2.34. The fraction of sp³-hybridized carbons (Fsp3) is 1.00. The lowest BCUT2D eigenvalue weighted by atomic mass is 9.76. The Hall–Kier alpha value is -0.120. The zero-order valence-electron chi connectivity index (χ0n) is 10.7. The van der Waals surface area contributed by atoms with Crippen LogP contribution in [-0.2, 0) is 0 Å². The van der Waals surface area contributed by atoms with Gasteiger partial charge in [0.05, 0.1) is 6.10 Å². The molecule has 3 atom stereocenters. The van der Waals surface area contributed by atoms with E-state index >= 15 is 0 Å². The standard InChI is InChI=1S/C12H28N2O/c1-9(12(2,3)4)11(15)10(14)7-5-6-8-13/h9-11,15H,5-8,13-14H2,1-4H3/t9?,10-,11?/m1/s1. The highest BCUT2D eigenvalue weighted by Crippen LogP contribution is 2.29. The molecule has 0 aliphatic heterocycles. The molecule has 92 valence electrons. The summed E-state index contributed by atoms with van der Waals surface area (Å²) < 4.78 is 0. The summed E-state index contributed by atoms with van der Waals surface area (Å²) in [5, 5.41) is 10.1. The molecule has 0 radical (unpaired) electrons. The fourth-order valence-electron chi connectivity index (χ4n) is 1.58. The molecule has 0 bridgehead atoms. The van der Waals surface area contributed by atoms with E-state index in [0.717, 1.165) is 19.3 Å². The van der Waals surface area contributed by atoms with Gasteiger partial charge in [-0.15, -0.1) is 0 Å². The van der Waals surface area contributed by atoms with Gasteiger partial charge in [-0.1, -0.05) is 34.1 Å². The van der Waals surface area contributed by atoms with Crippen LogP contribution in [0.2, 0.25) is 0 Å². The Labute approximate surface area is 94.2 Å². The highest BCUT2D eigenvalue weighted by Gasteiger charge is 2.30. The van der Waals surface area contributed by atoms with Gasteiger partial charge in [0.1, 0.15) is 0 Å². The minimum absolute atomic E-state index is 0.102. The molecule has 0 fully saturated rings. The van der Waals surface area contributed by atoms with E-state index in [2.05, 4.69) is 27.7 Å². The van der Waals surface area contributed by atoms with Gasteiger partial charge in [0.2, 0.25) is 0 Å². The van der Waals surface area contributed by atoms with Gasteiger partial charge < -0.3 is 16.6 Å². The summed E-state index contributed by atoms with van der Waals surface area (Å²) >= 11 is 0. The molecule has 15 heavy (non-hydrogen) atoms. The van der Waals surface area contributed by atoms with Gasteiger partial charge in [-0.2, -0.15) is 0 Å². The van der Waals surface area contributed by atoms with Crippen LogP contribution >= 0.6 is 0 Å². The Kier molecular flexibility index (Phi) is 6.41. The second kappa shape index (κ2) is 6.46. The lowest BCUT2D eigenvalue weighted by molar-refractivity contribution is 0.0322. The maximum absolute atomic E-state index is 10.1. The van der Waals surface area contributed by atoms with E-state index in [9.17, 15) is 5.11 Å². The topological polar surface area (TPSA) is 72.3 Å². The van der Waals surface area contributed by atoms with Crippen molar-refractivity contribution in [3.05, 3.63) is 0 Å². The minimum Gasteiger partial charge on any atom is -0.391 e. The monoisotopic (exact) mass is 216 g/mol. The number of hydrogen-bond donors (Lipinski definition) is 3. The van der Waals surface area contributed by atoms with Crippen molar-refractivity contribution >= 4 is 0 Å². The average Bonchev–Trinajstić information content (AvgIpc) is 2.14. The first kappa shape index (κ1) is 14.9. The Balaban J connectivity index is 4.02. The molecule has 0 aromatic carbocycles. The third-order valence-corrected chi connectivity index (χ3v) is 3.31. The summed E-state index contributed by atoms with van der Waals surface area (Å²) in [6.07, 6.45) is 2.44. The molecule has 0 aliphatic carbocycles. The molecule has 0 heterocycles. The molecule has 0 aromatic rings. The number of hydrogen-bond acceptors (Lipinski definition) is 3. The van der Waals surface area contributed by atoms with Crippen LogP contribution in [0.15, 0.2) is 0 Å². The van der Waals surface area contributed by atoms with E-state index in [1.54, 1.807) is 0 Å². The second-order valence-electron chi connectivity index (χ2n) is 5.59. The molecule has 0 saturated carbocycles. The van der Waals surface area contributed by atoms with Gasteiger partial charge >= 0.3 is 0 Å². The molecule has 0 rings (SSSR count). The number of unbranched alkanes of at least 4 members (excludes halogenated alkanes) is 1. The van der Waals surface area contributed by atoms with Gasteiger partial charge in [0.25, 0.3) is 0 Å². The van der Waals surface area contributed by atoms with Crippen molar-refractivity contribution in [3.63, 3.8) is 0 Å². The molecular formula is C12H28N2O. The maximum Gasteiger partial charge on any atom is 0.0721 e. The third kappa shape index (κ3) is 5.50. The predicted molar refractivity (Wildman–Crippen MR) is 65.5 cm³/mol. The number of aliphatic hydroxyl groups is 1. The molecule has 0 saturated heterocycles. The van der Waals surface area contributed by atoms with E-state index in [1.165, 1.54) is 0 Å². The summed E-state index contributed by atoms with van der Waals surface area (Å²) in [7, 11) is 0. The minimum atomic E-state index is -0.414. The van der Waals surface area contributed by atoms with Gasteiger partial charge in [-0.25, -0.2) is 0 Å². The van der Waals surface area contributed by atoms with E-state index < -0.39 is 6.10 Å². The molecule has 0 spiro atoms. The van der Waals surface area contributed by atoms with Crippen molar-refractivity contribution in [3.8, 4) is 0 Å². The molecule has 5 N–H and O–H groups in total. The normalized spacial score (nSPS) is 18.6. The smallest absolute Gasteiger partial charge is 0.0721 e. The Bertz CT molecular complexity index is 165. The number of rotatable bonds is 6. The Morgan fingerprint density at radius 2 is 1.73 bits per heavy atom. The predicted octanol–water partition coefficient (Wildman–Crippen LogP) is 1.49. The van der Waals surface area contributed by atoms with Crippen LogP contribution in [0.25, 0.3) is 0 Å². The zero-order chi connectivity index (χ0) is 12.1. The molecule has 0 amide bonds. The Morgan fingerprint density at radius 3 is 2.13 bits per heavy atom. The molecule has 3 heteroatoms. The highest BCUT2D eigenvalue weighted by atomic mass is 16.3. The lowest BCUT2D eigenvalue weighted by Crippen LogP contribution is -2.43. The summed E-state index contributed by atoms with van der Waals surface area (Å²) in [6.45, 7) is 9.17. The highest BCUT2D eigenvalue weighted by molar-refractivity contribution is 4.83. The van der Waals surface area contributed by atoms with E-state index in [-0.39, 0.29) is 17.4 Å². The van der Waals surface area contributed by atoms with Crippen LogP contribution in [0.3, 0.4) is 0 Å². The van der Waals surface area contributed by atoms with Crippen molar-refractivity contribution in [2.75, 3.05) is 6.54 Å². The van der Waals surface area contributed by atoms with Crippen LogP contribution in [0.1, 0.15) is 47.0 Å². The van der Waals surface area contributed by atoms with Crippen LogP contribution in [0.4, 0.5) is 0 Å². The Morgan fingerprint density at radius 1 is 1.20 bits per heavy atom. The van der Waals surface area contributed by atoms with Crippen molar-refractivity contribution in [1.82, 2.24) is 0 Å². The number of nitrogens with two attached hydrogens (primary N) is 2. The second-order valence-corrected chi connectivity index (χ2v) is 5.59. The third-order valence-electron chi connectivity index (χ3n) is 3.31. The molecule has 0 aliphatic rings. The van der Waals surface area contributed by atoms with E-state index in [1.807, 2.05) is 0 Å². The van der Waals surface area contributed by atoms with Gasteiger partial charge in [-0.3, -0.25) is 0 Å². The van der Waals surface area contributed by atoms with Crippen molar-refractivity contribution in [1.29, 1.82) is 0 Å². The van der Waals surface area contributed by atoms with Gasteiger partial charge in [0.15, 0.2) is 0 Å². The van der Waals surface area contributed by atoms with Gasteiger partial charge in [-0.05, 0) is 30.7 Å². The largest absolute Gasteiger partial charge is 0.391 e. The summed E-state index contributed by atoms with van der Waals surface area (Å²) in [5.41, 5.74) is 11.5. The van der Waals surface area contributed by atoms with Crippen LogP contribution in [0.5, 0.6) is 0 Å². The summed E-state index contributed by atoms with van der Waals surface area (Å²) in [4.78, 5) is 0. The first-order valence-corrected chi connectivity index (χ1v) is 5.94. The molecule has 2 unspecified atom stereocenters. The maximum atomic E-state index is 10.1. The first-order chi connectivity index (χ1) is 6.80. The van der Waals surface area contributed by atoms with Crippen LogP contribution in [0, 0.1) is 11.3 Å². The van der Waals surface area contributed by atoms with Crippen LogP contribution in [-0.4, -0.2) is 23.8 Å². The fourth-order valence-corrected chi connectivity index (χ4v) is 1.58. The average molecular weight is 216 g/mol. The molecular weight excluding hydrogens is 188 g/mol. The van der Waals surface area contributed by atoms with Crippen molar-refractivity contribution in [2.45, 2.75) is 59.1 Å². The summed E-state index contributed by atoms with van der Waals surface area (Å²) in [6, 6.07) is -0.120. The van der Waals surface area contributed by atoms with Crippen LogP contribution < -0.4 is 11.5 Å². The van der Waals surface area contributed by atoms with Crippen molar-refractivity contribution < 1.29 is 5.11 Å². The van der Waals surface area contributed by atoms with Crippen molar-refractivity contribution in [2.24, 2.45) is 22.8 Å². The summed E-state index contributed by atoms with van der Waals surface area (Å²) in [5.74, 6) is 0.213. The number of aliphatic hydroxyl groups excluding tert-OH is 1. The van der Waals surface area contributed by atoms with E-state index in [4.69, 9.17) is 11.5 Å². The quantitative estimate of drug-likeness (QED) is 0.589. The molecule has 0 aromatic heterocycles.